The molecule has 1 saturated heterocycles. The van der Waals surface area contributed by atoms with Crippen LogP contribution in [0.25, 0.3) is 0 Å². The predicted octanol–water partition coefficient (Wildman–Crippen LogP) is 2.69. The van der Waals surface area contributed by atoms with Gasteiger partial charge in [0.25, 0.3) is 5.91 Å². The zero-order valence-electron chi connectivity index (χ0n) is 14.7. The highest BCUT2D eigenvalue weighted by Gasteiger charge is 2.31. The summed E-state index contributed by atoms with van der Waals surface area (Å²) < 4.78 is 25.2. The van der Waals surface area contributed by atoms with Crippen molar-refractivity contribution < 1.29 is 13.2 Å². The number of aryl methyl sites for hydroxylation is 2. The minimum atomic E-state index is -3.03. The quantitative estimate of drug-likeness (QED) is 0.877. The predicted molar refractivity (Wildman–Crippen MR) is 98.2 cm³/mol. The molecule has 1 fully saturated rings. The lowest BCUT2D eigenvalue weighted by Crippen LogP contribution is -2.20. The van der Waals surface area contributed by atoms with Crippen molar-refractivity contribution in [2.45, 2.75) is 46.1 Å². The monoisotopic (exact) mass is 382 g/mol. The molecule has 0 spiro atoms. The van der Waals surface area contributed by atoms with Crippen molar-refractivity contribution in [1.82, 2.24) is 14.8 Å². The molecule has 25 heavy (non-hydrogen) atoms. The summed E-state index contributed by atoms with van der Waals surface area (Å²) in [6.45, 7) is 7.71. The number of anilines is 1. The van der Waals surface area contributed by atoms with Crippen molar-refractivity contribution in [2.75, 3.05) is 16.8 Å². The second-order valence-electron chi connectivity index (χ2n) is 6.73. The molecule has 1 atom stereocenters. The van der Waals surface area contributed by atoms with Gasteiger partial charge in [-0.15, -0.1) is 11.3 Å². The van der Waals surface area contributed by atoms with E-state index < -0.39 is 9.84 Å². The van der Waals surface area contributed by atoms with E-state index in [1.54, 1.807) is 10.7 Å². The van der Waals surface area contributed by atoms with Crippen LogP contribution in [0.2, 0.25) is 0 Å². The van der Waals surface area contributed by atoms with Gasteiger partial charge in [0.15, 0.2) is 9.84 Å². The van der Waals surface area contributed by atoms with Crippen LogP contribution in [0.5, 0.6) is 0 Å². The van der Waals surface area contributed by atoms with Crippen molar-refractivity contribution >= 4 is 32.9 Å². The molecule has 2 aromatic rings. The van der Waals surface area contributed by atoms with Crippen LogP contribution in [0.1, 0.15) is 58.3 Å². The number of aromatic nitrogens is 3. The molecule has 3 heterocycles. The first-order valence-corrected chi connectivity index (χ1v) is 10.9. The molecule has 9 heteroatoms. The molecule has 1 aliphatic heterocycles. The summed E-state index contributed by atoms with van der Waals surface area (Å²) in [5.74, 6) is 0.683. The first-order valence-electron chi connectivity index (χ1n) is 8.21. The van der Waals surface area contributed by atoms with Gasteiger partial charge in [-0.3, -0.25) is 4.79 Å². The molecule has 0 saturated carbocycles. The second-order valence-corrected chi connectivity index (χ2v) is 10.2. The van der Waals surface area contributed by atoms with Gasteiger partial charge in [-0.1, -0.05) is 13.8 Å². The Balaban J connectivity index is 1.88. The first-order chi connectivity index (χ1) is 11.7. The number of nitrogens with zero attached hydrogens (tertiary/aromatic N) is 3. The number of carbonyl (C=O) groups is 1. The van der Waals surface area contributed by atoms with Gasteiger partial charge in [0.1, 0.15) is 10.7 Å². The molecule has 1 amide bonds. The number of hydrogen-bond donors (Lipinski definition) is 1. The van der Waals surface area contributed by atoms with E-state index in [4.69, 9.17) is 0 Å². The van der Waals surface area contributed by atoms with E-state index in [-0.39, 0.29) is 29.4 Å². The normalized spacial score (nSPS) is 19.5. The van der Waals surface area contributed by atoms with Crippen LogP contribution in [0.4, 0.5) is 5.82 Å². The average Bonchev–Trinajstić information content (AvgIpc) is 3.16. The Morgan fingerprint density at radius 3 is 2.72 bits per heavy atom. The summed E-state index contributed by atoms with van der Waals surface area (Å²) in [5.41, 5.74) is 1.52. The van der Waals surface area contributed by atoms with Gasteiger partial charge in [-0.25, -0.2) is 18.1 Å². The maximum Gasteiger partial charge on any atom is 0.268 e. The van der Waals surface area contributed by atoms with Gasteiger partial charge in [0.05, 0.1) is 33.9 Å². The Bertz CT molecular complexity index is 912. The number of nitrogens with one attached hydrogen (secondary N) is 1. The number of thiazole rings is 1. The minimum Gasteiger partial charge on any atom is -0.306 e. The third kappa shape index (κ3) is 3.77. The maximum absolute atomic E-state index is 12.8. The Hall–Kier alpha value is -1.74. The highest BCUT2D eigenvalue weighted by atomic mass is 32.2. The molecule has 3 rings (SSSR count). The topological polar surface area (TPSA) is 94.0 Å². The van der Waals surface area contributed by atoms with Crippen LogP contribution >= 0.6 is 11.3 Å². The lowest BCUT2D eigenvalue weighted by Gasteiger charge is -2.14. The number of rotatable bonds is 4. The second kappa shape index (κ2) is 6.53. The van der Waals surface area contributed by atoms with E-state index >= 15 is 0 Å². The van der Waals surface area contributed by atoms with Crippen molar-refractivity contribution in [3.05, 3.63) is 27.3 Å². The van der Waals surface area contributed by atoms with Crippen molar-refractivity contribution in [3.8, 4) is 0 Å². The molecule has 0 radical (unpaired) electrons. The van der Waals surface area contributed by atoms with Crippen molar-refractivity contribution in [1.29, 1.82) is 0 Å². The third-order valence-electron chi connectivity index (χ3n) is 4.17. The fraction of sp³-hybridized carbons (Fsp3) is 0.562. The van der Waals surface area contributed by atoms with Crippen LogP contribution in [0, 0.1) is 13.8 Å². The number of hydrogen-bond acceptors (Lipinski definition) is 6. The highest BCUT2D eigenvalue weighted by Crippen LogP contribution is 2.29. The summed E-state index contributed by atoms with van der Waals surface area (Å²) in [4.78, 5) is 17.8. The van der Waals surface area contributed by atoms with Crippen LogP contribution < -0.4 is 5.32 Å². The molecule has 1 N–H and O–H groups in total. The number of amides is 1. The molecule has 2 aromatic heterocycles. The largest absolute Gasteiger partial charge is 0.306 e. The molecule has 0 unspecified atom stereocenters. The molecular weight excluding hydrogens is 360 g/mol. The van der Waals surface area contributed by atoms with E-state index in [0.717, 1.165) is 16.4 Å². The van der Waals surface area contributed by atoms with Gasteiger partial charge in [0, 0.05) is 6.07 Å². The SMILES string of the molecule is Cc1cc(NC(=O)c2sc(C)nc2C(C)C)n([C@H]2CCS(=O)(=O)C2)n1. The summed E-state index contributed by atoms with van der Waals surface area (Å²) in [6, 6.07) is 1.54. The molecule has 1 aliphatic rings. The number of carbonyl (C=O) groups excluding carboxylic acids is 1. The third-order valence-corrected chi connectivity index (χ3v) is 6.90. The van der Waals surface area contributed by atoms with Gasteiger partial charge in [-0.05, 0) is 26.2 Å². The summed E-state index contributed by atoms with van der Waals surface area (Å²) in [6.07, 6.45) is 0.517. The van der Waals surface area contributed by atoms with Crippen LogP contribution in [-0.2, 0) is 9.84 Å². The molecular formula is C16H22N4O3S2. The number of sulfone groups is 1. The zero-order chi connectivity index (χ0) is 18.4. The Morgan fingerprint density at radius 1 is 1.40 bits per heavy atom. The van der Waals surface area contributed by atoms with Gasteiger partial charge in [-0.2, -0.15) is 5.10 Å². The molecule has 136 valence electrons. The van der Waals surface area contributed by atoms with Crippen molar-refractivity contribution in [3.63, 3.8) is 0 Å². The minimum absolute atomic E-state index is 0.0634. The Labute approximate surface area is 151 Å². The van der Waals surface area contributed by atoms with Gasteiger partial charge < -0.3 is 5.32 Å². The fourth-order valence-corrected chi connectivity index (χ4v) is 5.69. The lowest BCUT2D eigenvalue weighted by atomic mass is 10.1. The van der Waals surface area contributed by atoms with E-state index in [0.29, 0.717) is 17.1 Å². The van der Waals surface area contributed by atoms with E-state index in [1.165, 1.54) is 11.3 Å². The van der Waals surface area contributed by atoms with Crippen LogP contribution in [0.15, 0.2) is 6.07 Å². The Morgan fingerprint density at radius 2 is 2.12 bits per heavy atom. The molecule has 0 aromatic carbocycles. The zero-order valence-corrected chi connectivity index (χ0v) is 16.4. The van der Waals surface area contributed by atoms with Crippen LogP contribution in [-0.4, -0.2) is 40.6 Å². The standard InChI is InChI=1S/C16H22N4O3S2/c1-9(2)14-15(24-11(4)17-14)16(21)18-13-7-10(3)19-20(13)12-5-6-25(22,23)8-12/h7,9,12H,5-6,8H2,1-4H3,(H,18,21)/t12-/m0/s1. The van der Waals surface area contributed by atoms with Gasteiger partial charge >= 0.3 is 0 Å². The average molecular weight is 383 g/mol. The fourth-order valence-electron chi connectivity index (χ4n) is 3.03. The van der Waals surface area contributed by atoms with Gasteiger partial charge in [0.2, 0.25) is 0 Å². The van der Waals surface area contributed by atoms with Crippen molar-refractivity contribution in [2.24, 2.45) is 0 Å². The van der Waals surface area contributed by atoms with E-state index in [1.807, 2.05) is 27.7 Å². The van der Waals surface area contributed by atoms with Crippen LogP contribution in [0.3, 0.4) is 0 Å². The van der Waals surface area contributed by atoms with E-state index in [9.17, 15) is 13.2 Å². The molecule has 7 nitrogen and oxygen atoms in total. The highest BCUT2D eigenvalue weighted by molar-refractivity contribution is 7.91. The smallest absolute Gasteiger partial charge is 0.268 e. The lowest BCUT2D eigenvalue weighted by molar-refractivity contribution is 0.102. The summed E-state index contributed by atoms with van der Waals surface area (Å²) in [7, 11) is -3.03. The summed E-state index contributed by atoms with van der Waals surface area (Å²) >= 11 is 1.37. The Kier molecular flexibility index (Phi) is 4.72. The first kappa shape index (κ1) is 18.1. The summed E-state index contributed by atoms with van der Waals surface area (Å²) in [5, 5.41) is 8.14. The maximum atomic E-state index is 12.8. The van der Waals surface area contributed by atoms with E-state index in [2.05, 4.69) is 15.4 Å². The molecule has 0 aliphatic carbocycles. The molecule has 0 bridgehead atoms.